The SMILES string of the molecule is CC(F)(F)C(=O)NCc1ccccc1. The molecule has 14 heavy (non-hydrogen) atoms. The minimum atomic E-state index is -3.31. The monoisotopic (exact) mass is 199 g/mol. The summed E-state index contributed by atoms with van der Waals surface area (Å²) in [5.74, 6) is -4.56. The molecule has 0 heterocycles. The second-order valence-electron chi connectivity index (χ2n) is 3.06. The summed E-state index contributed by atoms with van der Waals surface area (Å²) in [4.78, 5) is 10.8. The van der Waals surface area contributed by atoms with Crippen LogP contribution in [0.25, 0.3) is 0 Å². The van der Waals surface area contributed by atoms with E-state index < -0.39 is 11.8 Å². The van der Waals surface area contributed by atoms with E-state index in [-0.39, 0.29) is 6.54 Å². The number of hydrogen-bond acceptors (Lipinski definition) is 1. The average Bonchev–Trinajstić information content (AvgIpc) is 2.14. The van der Waals surface area contributed by atoms with Crippen LogP contribution in [0.5, 0.6) is 0 Å². The molecule has 0 aliphatic heterocycles. The van der Waals surface area contributed by atoms with Crippen molar-refractivity contribution < 1.29 is 13.6 Å². The zero-order chi connectivity index (χ0) is 10.6. The van der Waals surface area contributed by atoms with Crippen molar-refractivity contribution in [3.05, 3.63) is 35.9 Å². The smallest absolute Gasteiger partial charge is 0.321 e. The summed E-state index contributed by atoms with van der Waals surface area (Å²) in [5, 5.41) is 2.15. The van der Waals surface area contributed by atoms with Crippen LogP contribution < -0.4 is 5.32 Å². The van der Waals surface area contributed by atoms with Gasteiger partial charge in [0, 0.05) is 13.5 Å². The van der Waals surface area contributed by atoms with Crippen molar-refractivity contribution >= 4 is 5.91 Å². The van der Waals surface area contributed by atoms with Gasteiger partial charge in [0.05, 0.1) is 0 Å². The van der Waals surface area contributed by atoms with E-state index in [0.717, 1.165) is 5.56 Å². The topological polar surface area (TPSA) is 29.1 Å². The number of benzene rings is 1. The van der Waals surface area contributed by atoms with Gasteiger partial charge in [0.15, 0.2) is 0 Å². The molecule has 0 aromatic heterocycles. The number of amides is 1. The number of nitrogens with one attached hydrogen (secondary N) is 1. The Morgan fingerprint density at radius 2 is 1.93 bits per heavy atom. The molecule has 1 amide bonds. The molecule has 2 nitrogen and oxygen atoms in total. The molecule has 4 heteroatoms. The molecule has 1 aromatic rings. The van der Waals surface area contributed by atoms with Crippen molar-refractivity contribution in [2.75, 3.05) is 0 Å². The summed E-state index contributed by atoms with van der Waals surface area (Å²) in [6, 6.07) is 8.90. The lowest BCUT2D eigenvalue weighted by Gasteiger charge is -2.10. The largest absolute Gasteiger partial charge is 0.347 e. The van der Waals surface area contributed by atoms with Gasteiger partial charge in [-0.2, -0.15) is 8.78 Å². The number of rotatable bonds is 3. The standard InChI is InChI=1S/C10H11F2NO/c1-10(11,12)9(14)13-7-8-5-3-2-4-6-8/h2-6H,7H2,1H3,(H,13,14). The van der Waals surface area contributed by atoms with Gasteiger partial charge in [-0.3, -0.25) is 4.79 Å². The van der Waals surface area contributed by atoms with E-state index in [1.807, 2.05) is 6.07 Å². The van der Waals surface area contributed by atoms with E-state index in [1.165, 1.54) is 0 Å². The fraction of sp³-hybridized carbons (Fsp3) is 0.300. The van der Waals surface area contributed by atoms with E-state index in [9.17, 15) is 13.6 Å². The predicted molar refractivity (Wildman–Crippen MR) is 48.9 cm³/mol. The summed E-state index contributed by atoms with van der Waals surface area (Å²) in [5.41, 5.74) is 0.796. The highest BCUT2D eigenvalue weighted by Crippen LogP contribution is 2.11. The van der Waals surface area contributed by atoms with Gasteiger partial charge in [-0.1, -0.05) is 30.3 Å². The van der Waals surface area contributed by atoms with Crippen LogP contribution >= 0.6 is 0 Å². The summed E-state index contributed by atoms with van der Waals surface area (Å²) >= 11 is 0. The highest BCUT2D eigenvalue weighted by Gasteiger charge is 2.31. The molecule has 1 N–H and O–H groups in total. The number of hydrogen-bond donors (Lipinski definition) is 1. The van der Waals surface area contributed by atoms with Crippen molar-refractivity contribution in [3.63, 3.8) is 0 Å². The van der Waals surface area contributed by atoms with E-state index >= 15 is 0 Å². The Bertz CT molecular complexity index is 306. The van der Waals surface area contributed by atoms with Crippen LogP contribution in [0.4, 0.5) is 8.78 Å². The third-order valence-corrected chi connectivity index (χ3v) is 1.69. The summed E-state index contributed by atoms with van der Waals surface area (Å²) in [6.07, 6.45) is 0. The first-order chi connectivity index (χ1) is 6.50. The minimum absolute atomic E-state index is 0.128. The molecule has 0 atom stereocenters. The molecule has 1 aromatic carbocycles. The summed E-state index contributed by atoms with van der Waals surface area (Å²) in [7, 11) is 0. The lowest BCUT2D eigenvalue weighted by Crippen LogP contribution is -2.37. The van der Waals surface area contributed by atoms with E-state index in [2.05, 4.69) is 5.32 Å². The zero-order valence-corrected chi connectivity index (χ0v) is 7.76. The molecule has 0 unspecified atom stereocenters. The fourth-order valence-corrected chi connectivity index (χ4v) is 0.933. The molecule has 76 valence electrons. The van der Waals surface area contributed by atoms with Crippen LogP contribution in [0.15, 0.2) is 30.3 Å². The van der Waals surface area contributed by atoms with Crippen LogP contribution in [0.3, 0.4) is 0 Å². The average molecular weight is 199 g/mol. The second kappa shape index (κ2) is 4.17. The van der Waals surface area contributed by atoms with Crippen molar-refractivity contribution in [2.24, 2.45) is 0 Å². The molecule has 0 saturated heterocycles. The van der Waals surface area contributed by atoms with Gasteiger partial charge in [-0.25, -0.2) is 0 Å². The third-order valence-electron chi connectivity index (χ3n) is 1.69. The Labute approximate surface area is 80.9 Å². The summed E-state index contributed by atoms with van der Waals surface area (Å²) in [6.45, 7) is 0.705. The number of carbonyl (C=O) groups excluding carboxylic acids is 1. The third kappa shape index (κ3) is 3.12. The van der Waals surface area contributed by atoms with Crippen molar-refractivity contribution in [1.29, 1.82) is 0 Å². The first kappa shape index (κ1) is 10.6. The van der Waals surface area contributed by atoms with Crippen LogP contribution in [-0.2, 0) is 11.3 Å². The van der Waals surface area contributed by atoms with Gasteiger partial charge >= 0.3 is 5.92 Å². The van der Waals surface area contributed by atoms with Gasteiger partial charge in [0.1, 0.15) is 0 Å². The number of carbonyl (C=O) groups is 1. The van der Waals surface area contributed by atoms with Crippen LogP contribution in [-0.4, -0.2) is 11.8 Å². The molecular weight excluding hydrogens is 188 g/mol. The van der Waals surface area contributed by atoms with Gasteiger partial charge in [-0.05, 0) is 5.56 Å². The second-order valence-corrected chi connectivity index (χ2v) is 3.06. The highest BCUT2D eigenvalue weighted by molar-refractivity contribution is 5.82. The van der Waals surface area contributed by atoms with Crippen LogP contribution in [0.2, 0.25) is 0 Å². The maximum absolute atomic E-state index is 12.4. The van der Waals surface area contributed by atoms with E-state index in [1.54, 1.807) is 24.3 Å². The van der Waals surface area contributed by atoms with E-state index in [4.69, 9.17) is 0 Å². The molecule has 0 fully saturated rings. The molecule has 0 spiro atoms. The molecule has 1 rings (SSSR count). The van der Waals surface area contributed by atoms with Gasteiger partial charge < -0.3 is 5.32 Å². The molecule has 0 radical (unpaired) electrons. The Morgan fingerprint density at radius 1 is 1.36 bits per heavy atom. The van der Waals surface area contributed by atoms with Gasteiger partial charge in [-0.15, -0.1) is 0 Å². The Balaban J connectivity index is 2.46. The zero-order valence-electron chi connectivity index (χ0n) is 7.76. The molecule has 0 bridgehead atoms. The Kier molecular flexibility index (Phi) is 3.17. The fourth-order valence-electron chi connectivity index (χ4n) is 0.933. The van der Waals surface area contributed by atoms with Crippen LogP contribution in [0.1, 0.15) is 12.5 Å². The van der Waals surface area contributed by atoms with Gasteiger partial charge in [0.2, 0.25) is 0 Å². The molecule has 0 aliphatic rings. The Morgan fingerprint density at radius 3 is 2.43 bits per heavy atom. The number of alkyl halides is 2. The predicted octanol–water partition coefficient (Wildman–Crippen LogP) is 1.96. The highest BCUT2D eigenvalue weighted by atomic mass is 19.3. The number of halogens is 2. The molecular formula is C10H11F2NO. The molecule has 0 aliphatic carbocycles. The van der Waals surface area contributed by atoms with Gasteiger partial charge in [0.25, 0.3) is 5.91 Å². The maximum Gasteiger partial charge on any atom is 0.321 e. The quantitative estimate of drug-likeness (QED) is 0.792. The lowest BCUT2D eigenvalue weighted by molar-refractivity contribution is -0.143. The van der Waals surface area contributed by atoms with E-state index in [0.29, 0.717) is 6.92 Å². The lowest BCUT2D eigenvalue weighted by atomic mass is 10.2. The Hall–Kier alpha value is -1.45. The minimum Gasteiger partial charge on any atom is -0.347 e. The first-order valence-electron chi connectivity index (χ1n) is 4.20. The normalized spacial score (nSPS) is 11.1. The van der Waals surface area contributed by atoms with Crippen molar-refractivity contribution in [2.45, 2.75) is 19.4 Å². The summed E-state index contributed by atoms with van der Waals surface area (Å²) < 4.78 is 24.8. The molecule has 0 saturated carbocycles. The van der Waals surface area contributed by atoms with Crippen molar-refractivity contribution in [3.8, 4) is 0 Å². The van der Waals surface area contributed by atoms with Crippen molar-refractivity contribution in [1.82, 2.24) is 5.32 Å². The first-order valence-corrected chi connectivity index (χ1v) is 4.20. The van der Waals surface area contributed by atoms with Crippen LogP contribution in [0, 0.1) is 0 Å². The maximum atomic E-state index is 12.4.